The minimum atomic E-state index is -0.409. The molecule has 3 N–H and O–H groups in total. The first kappa shape index (κ1) is 16.5. The molecule has 1 aromatic heterocycles. The maximum Gasteiger partial charge on any atom is 0.251 e. The molecule has 1 atom stereocenters. The predicted octanol–water partition coefficient (Wildman–Crippen LogP) is 0.0806. The molecule has 0 aromatic carbocycles. The first-order valence-corrected chi connectivity index (χ1v) is 8.50. The second-order valence-electron chi connectivity index (χ2n) is 5.31. The zero-order valence-corrected chi connectivity index (χ0v) is 13.3. The highest BCUT2D eigenvalue weighted by molar-refractivity contribution is 7.99. The van der Waals surface area contributed by atoms with Crippen LogP contribution in [-0.2, 0) is 6.42 Å². The zero-order valence-electron chi connectivity index (χ0n) is 12.5. The van der Waals surface area contributed by atoms with E-state index in [0.29, 0.717) is 17.5 Å². The van der Waals surface area contributed by atoms with E-state index in [4.69, 9.17) is 0 Å². The summed E-state index contributed by atoms with van der Waals surface area (Å²) in [4.78, 5) is 21.0. The second kappa shape index (κ2) is 8.53. The summed E-state index contributed by atoms with van der Waals surface area (Å²) < 4.78 is 0. The maximum absolute atomic E-state index is 11.6. The fourth-order valence-electron chi connectivity index (χ4n) is 2.36. The molecule has 0 spiro atoms. The minimum absolute atomic E-state index is 0.118. The summed E-state index contributed by atoms with van der Waals surface area (Å²) in [7, 11) is 0. The largest absolute Gasteiger partial charge is 0.391 e. The van der Waals surface area contributed by atoms with Crippen molar-refractivity contribution in [2.24, 2.45) is 0 Å². The monoisotopic (exact) mass is 312 g/mol. The number of hydrogen-bond acceptors (Lipinski definition) is 6. The van der Waals surface area contributed by atoms with Gasteiger partial charge in [-0.05, 0) is 6.42 Å². The maximum atomic E-state index is 11.6. The summed E-state index contributed by atoms with van der Waals surface area (Å²) in [6.45, 7) is 6.65. The van der Waals surface area contributed by atoms with Crippen LogP contribution in [0.2, 0.25) is 0 Å². The Morgan fingerprint density at radius 2 is 2.24 bits per heavy atom. The Bertz CT molecular complexity index is 488. The molecule has 1 saturated heterocycles. The minimum Gasteiger partial charge on any atom is -0.391 e. The van der Waals surface area contributed by atoms with Crippen molar-refractivity contribution in [1.82, 2.24) is 20.2 Å². The Morgan fingerprint density at radius 3 is 2.95 bits per heavy atom. The van der Waals surface area contributed by atoms with E-state index in [1.165, 1.54) is 11.8 Å². The number of hydrogen-bond donors (Lipinski definition) is 3. The van der Waals surface area contributed by atoms with E-state index in [1.54, 1.807) is 6.07 Å². The third-order valence-corrected chi connectivity index (χ3v) is 4.39. The SMILES string of the molecule is CCCc1cc(=O)[nH]c(SCC(O)CN2CCNCC2)n1. The molecule has 7 heteroatoms. The summed E-state index contributed by atoms with van der Waals surface area (Å²) in [6.07, 6.45) is 1.36. The number of H-pyrrole nitrogens is 1. The van der Waals surface area contributed by atoms with Crippen molar-refractivity contribution < 1.29 is 5.11 Å². The lowest BCUT2D eigenvalue weighted by molar-refractivity contribution is 0.121. The molecule has 0 bridgehead atoms. The van der Waals surface area contributed by atoms with E-state index in [9.17, 15) is 9.90 Å². The van der Waals surface area contributed by atoms with Gasteiger partial charge < -0.3 is 15.4 Å². The van der Waals surface area contributed by atoms with Crippen molar-refractivity contribution in [2.75, 3.05) is 38.5 Å². The summed E-state index contributed by atoms with van der Waals surface area (Å²) in [5.41, 5.74) is 0.702. The van der Waals surface area contributed by atoms with Crippen LogP contribution in [-0.4, -0.2) is 64.6 Å². The van der Waals surface area contributed by atoms with Crippen LogP contribution in [0.5, 0.6) is 0 Å². The number of piperazine rings is 1. The van der Waals surface area contributed by atoms with Gasteiger partial charge in [0, 0.05) is 50.2 Å². The Hall–Kier alpha value is -0.890. The molecule has 21 heavy (non-hydrogen) atoms. The number of nitrogens with one attached hydrogen (secondary N) is 2. The first-order valence-electron chi connectivity index (χ1n) is 7.51. The molecule has 118 valence electrons. The van der Waals surface area contributed by atoms with Crippen molar-refractivity contribution in [1.29, 1.82) is 0 Å². The van der Waals surface area contributed by atoms with Gasteiger partial charge in [-0.2, -0.15) is 0 Å². The number of aliphatic hydroxyl groups is 1. The van der Waals surface area contributed by atoms with Crippen LogP contribution in [0.1, 0.15) is 19.0 Å². The van der Waals surface area contributed by atoms with Gasteiger partial charge in [-0.15, -0.1) is 0 Å². The van der Waals surface area contributed by atoms with E-state index in [-0.39, 0.29) is 5.56 Å². The standard InChI is InChI=1S/C14H24N4O2S/c1-2-3-11-8-13(20)17-14(16-11)21-10-12(19)9-18-6-4-15-5-7-18/h8,12,15,19H,2-7,9-10H2,1H3,(H,16,17,20). The zero-order chi connectivity index (χ0) is 15.1. The summed E-state index contributed by atoms with van der Waals surface area (Å²) in [5.74, 6) is 0.544. The first-order chi connectivity index (χ1) is 10.2. The van der Waals surface area contributed by atoms with Crippen molar-refractivity contribution in [3.63, 3.8) is 0 Å². The molecular formula is C14H24N4O2S. The van der Waals surface area contributed by atoms with Crippen molar-refractivity contribution in [3.8, 4) is 0 Å². The third kappa shape index (κ3) is 5.78. The quantitative estimate of drug-likeness (QED) is 0.489. The van der Waals surface area contributed by atoms with Crippen LogP contribution >= 0.6 is 11.8 Å². The molecule has 6 nitrogen and oxygen atoms in total. The number of rotatable bonds is 7. The van der Waals surface area contributed by atoms with Crippen molar-refractivity contribution >= 4 is 11.8 Å². The predicted molar refractivity (Wildman–Crippen MR) is 84.9 cm³/mol. The number of nitrogens with zero attached hydrogens (tertiary/aromatic N) is 2. The number of β-amino-alcohol motifs (C(OH)–C–C–N with tert-alkyl or cyclic N) is 1. The van der Waals surface area contributed by atoms with Gasteiger partial charge in [-0.25, -0.2) is 4.98 Å². The molecule has 1 aromatic rings. The normalized spacial score (nSPS) is 17.8. The highest BCUT2D eigenvalue weighted by Gasteiger charge is 2.15. The Balaban J connectivity index is 1.82. The number of aryl methyl sites for hydroxylation is 1. The average Bonchev–Trinajstić information content (AvgIpc) is 2.46. The molecule has 0 aliphatic carbocycles. The molecule has 1 unspecified atom stereocenters. The molecular weight excluding hydrogens is 288 g/mol. The average molecular weight is 312 g/mol. The fraction of sp³-hybridized carbons (Fsp3) is 0.714. The summed E-state index contributed by atoms with van der Waals surface area (Å²) in [6, 6.07) is 1.55. The van der Waals surface area contributed by atoms with Crippen molar-refractivity contribution in [2.45, 2.75) is 31.0 Å². The van der Waals surface area contributed by atoms with E-state index in [1.807, 2.05) is 0 Å². The van der Waals surface area contributed by atoms with Gasteiger partial charge in [0.05, 0.1) is 6.10 Å². The lowest BCUT2D eigenvalue weighted by atomic mass is 10.2. The number of aromatic nitrogens is 2. The van der Waals surface area contributed by atoms with E-state index >= 15 is 0 Å². The smallest absolute Gasteiger partial charge is 0.251 e. The lowest BCUT2D eigenvalue weighted by Gasteiger charge is -2.28. The molecule has 0 saturated carbocycles. The second-order valence-corrected chi connectivity index (χ2v) is 6.32. The van der Waals surface area contributed by atoms with Crippen LogP contribution in [0.4, 0.5) is 0 Å². The molecule has 1 aliphatic heterocycles. The molecule has 1 fully saturated rings. The van der Waals surface area contributed by atoms with Crippen molar-refractivity contribution in [3.05, 3.63) is 22.1 Å². The third-order valence-electron chi connectivity index (χ3n) is 3.37. The van der Waals surface area contributed by atoms with Gasteiger partial charge in [0.15, 0.2) is 5.16 Å². The number of aromatic amines is 1. The Morgan fingerprint density at radius 1 is 1.48 bits per heavy atom. The van der Waals surface area contributed by atoms with E-state index < -0.39 is 6.10 Å². The lowest BCUT2D eigenvalue weighted by Crippen LogP contribution is -2.46. The van der Waals surface area contributed by atoms with Gasteiger partial charge in [0.25, 0.3) is 5.56 Å². The fourth-order valence-corrected chi connectivity index (χ4v) is 3.17. The van der Waals surface area contributed by atoms with Gasteiger partial charge in [0.2, 0.25) is 0 Å². The van der Waals surface area contributed by atoms with Crippen LogP contribution in [0.25, 0.3) is 0 Å². The van der Waals surface area contributed by atoms with Gasteiger partial charge in [0.1, 0.15) is 0 Å². The number of aliphatic hydroxyl groups excluding tert-OH is 1. The van der Waals surface area contributed by atoms with Crippen LogP contribution in [0.3, 0.4) is 0 Å². The Labute approximate surface area is 129 Å². The highest BCUT2D eigenvalue weighted by Crippen LogP contribution is 2.14. The Kier molecular flexibility index (Phi) is 6.69. The van der Waals surface area contributed by atoms with Crippen LogP contribution in [0, 0.1) is 0 Å². The van der Waals surface area contributed by atoms with E-state index in [0.717, 1.165) is 44.7 Å². The molecule has 0 amide bonds. The van der Waals surface area contributed by atoms with Gasteiger partial charge in [-0.3, -0.25) is 9.69 Å². The topological polar surface area (TPSA) is 81.2 Å². The van der Waals surface area contributed by atoms with Crippen LogP contribution < -0.4 is 10.9 Å². The molecule has 2 rings (SSSR count). The molecule has 0 radical (unpaired) electrons. The van der Waals surface area contributed by atoms with Gasteiger partial charge >= 0.3 is 0 Å². The highest BCUT2D eigenvalue weighted by atomic mass is 32.2. The summed E-state index contributed by atoms with van der Waals surface area (Å²) in [5, 5.41) is 14.0. The number of thioether (sulfide) groups is 1. The van der Waals surface area contributed by atoms with Gasteiger partial charge in [-0.1, -0.05) is 25.1 Å². The molecule has 1 aliphatic rings. The molecule has 2 heterocycles. The van der Waals surface area contributed by atoms with E-state index in [2.05, 4.69) is 27.1 Å². The van der Waals surface area contributed by atoms with Crippen LogP contribution in [0.15, 0.2) is 16.0 Å². The summed E-state index contributed by atoms with van der Waals surface area (Å²) >= 11 is 1.41.